The Hall–Kier alpha value is -2.73. The van der Waals surface area contributed by atoms with E-state index in [0.717, 1.165) is 0 Å². The third-order valence-corrected chi connectivity index (χ3v) is 3.58. The van der Waals surface area contributed by atoms with Gasteiger partial charge in [0, 0.05) is 12.0 Å². The van der Waals surface area contributed by atoms with E-state index in [1.807, 2.05) is 12.1 Å². The number of Topliss-reactive ketones (excluding diaryl/α,β-unsaturated/α-hetero) is 2. The lowest BCUT2D eigenvalue weighted by Crippen LogP contribution is -2.35. The van der Waals surface area contributed by atoms with Gasteiger partial charge in [-0.1, -0.05) is 60.7 Å². The maximum atomic E-state index is 12.4. The summed E-state index contributed by atoms with van der Waals surface area (Å²) in [4.78, 5) is 24.5. The molecule has 2 rings (SSSR count). The van der Waals surface area contributed by atoms with Crippen LogP contribution in [0.25, 0.3) is 0 Å². The summed E-state index contributed by atoms with van der Waals surface area (Å²) in [5.41, 5.74) is -0.354. The fourth-order valence-electron chi connectivity index (χ4n) is 2.30. The normalized spacial score (nSPS) is 13.0. The van der Waals surface area contributed by atoms with E-state index in [2.05, 4.69) is 6.07 Å². The van der Waals surface area contributed by atoms with Crippen molar-refractivity contribution in [1.82, 2.24) is 0 Å². The van der Waals surface area contributed by atoms with Gasteiger partial charge in [-0.15, -0.1) is 0 Å². The van der Waals surface area contributed by atoms with Crippen LogP contribution >= 0.6 is 0 Å². The molecule has 3 heteroatoms. The second-order valence-corrected chi connectivity index (χ2v) is 4.91. The van der Waals surface area contributed by atoms with E-state index in [-0.39, 0.29) is 18.0 Å². The molecule has 2 aromatic rings. The first-order valence-electron chi connectivity index (χ1n) is 6.66. The predicted octanol–water partition coefficient (Wildman–Crippen LogP) is 3.31. The first kappa shape index (κ1) is 14.7. The number of rotatable bonds is 5. The summed E-state index contributed by atoms with van der Waals surface area (Å²) in [7, 11) is 0. The molecule has 0 saturated heterocycles. The first-order chi connectivity index (χ1) is 10.1. The molecule has 0 saturated carbocycles. The third-order valence-electron chi connectivity index (χ3n) is 3.58. The highest BCUT2D eigenvalue weighted by atomic mass is 16.1. The lowest BCUT2D eigenvalue weighted by atomic mass is 9.74. The molecule has 1 unspecified atom stereocenters. The number of hydrogen-bond donors (Lipinski definition) is 0. The van der Waals surface area contributed by atoms with Gasteiger partial charge >= 0.3 is 0 Å². The molecule has 0 N–H and O–H groups in total. The summed E-state index contributed by atoms with van der Waals surface area (Å²) in [5.74, 6) is -0.531. The Balaban J connectivity index is 2.42. The lowest BCUT2D eigenvalue weighted by Gasteiger charge is -2.23. The van der Waals surface area contributed by atoms with Crippen LogP contribution in [-0.4, -0.2) is 11.6 Å². The van der Waals surface area contributed by atoms with Crippen molar-refractivity contribution in [2.75, 3.05) is 0 Å². The van der Waals surface area contributed by atoms with Gasteiger partial charge in [0.15, 0.2) is 11.6 Å². The first-order valence-corrected chi connectivity index (χ1v) is 6.66. The van der Waals surface area contributed by atoms with Crippen molar-refractivity contribution in [3.63, 3.8) is 0 Å². The van der Waals surface area contributed by atoms with Crippen LogP contribution in [-0.2, 0) is 10.2 Å². The second-order valence-electron chi connectivity index (χ2n) is 4.91. The highest BCUT2D eigenvalue weighted by Crippen LogP contribution is 2.30. The minimum absolute atomic E-state index is 0.146. The van der Waals surface area contributed by atoms with Gasteiger partial charge in [0.25, 0.3) is 0 Å². The molecule has 2 aromatic carbocycles. The molecule has 1 atom stereocenters. The summed E-state index contributed by atoms with van der Waals surface area (Å²) in [6.45, 7) is 1.36. The molecular weight excluding hydrogens is 262 g/mol. The average molecular weight is 277 g/mol. The Morgan fingerprint density at radius 3 is 2.00 bits per heavy atom. The molecule has 21 heavy (non-hydrogen) atoms. The molecule has 0 bridgehead atoms. The molecule has 0 heterocycles. The minimum atomic E-state index is -1.42. The summed E-state index contributed by atoms with van der Waals surface area (Å²) in [6, 6.07) is 19.5. The number of benzene rings is 2. The zero-order valence-corrected chi connectivity index (χ0v) is 11.7. The molecule has 104 valence electrons. The quantitative estimate of drug-likeness (QED) is 0.788. The fourth-order valence-corrected chi connectivity index (χ4v) is 2.30. The van der Waals surface area contributed by atoms with Crippen LogP contribution in [0.15, 0.2) is 60.7 Å². The molecule has 0 aliphatic rings. The van der Waals surface area contributed by atoms with Crippen LogP contribution < -0.4 is 0 Å². The van der Waals surface area contributed by atoms with Crippen LogP contribution in [0.4, 0.5) is 0 Å². The van der Waals surface area contributed by atoms with Crippen molar-refractivity contribution in [1.29, 1.82) is 5.26 Å². The summed E-state index contributed by atoms with van der Waals surface area (Å²) >= 11 is 0. The Morgan fingerprint density at radius 2 is 1.52 bits per heavy atom. The molecule has 0 radical (unpaired) electrons. The van der Waals surface area contributed by atoms with Gasteiger partial charge in [0.1, 0.15) is 5.41 Å². The predicted molar refractivity (Wildman–Crippen MR) is 79.8 cm³/mol. The molecule has 0 aliphatic carbocycles. The second kappa shape index (κ2) is 6.15. The van der Waals surface area contributed by atoms with E-state index in [9.17, 15) is 14.9 Å². The van der Waals surface area contributed by atoms with Gasteiger partial charge in [-0.25, -0.2) is 0 Å². The number of carbonyl (C=O) groups is 2. The lowest BCUT2D eigenvalue weighted by molar-refractivity contribution is -0.120. The summed E-state index contributed by atoms with van der Waals surface area (Å²) < 4.78 is 0. The van der Waals surface area contributed by atoms with E-state index in [4.69, 9.17) is 0 Å². The number of carbonyl (C=O) groups excluding carboxylic acids is 2. The fraction of sp³-hybridized carbons (Fsp3) is 0.167. The van der Waals surface area contributed by atoms with E-state index >= 15 is 0 Å². The van der Waals surface area contributed by atoms with E-state index < -0.39 is 5.41 Å². The molecule has 0 spiro atoms. The number of nitrogens with zero attached hydrogens (tertiary/aromatic N) is 1. The third kappa shape index (κ3) is 2.90. The zero-order chi connectivity index (χ0) is 15.3. The van der Waals surface area contributed by atoms with Gasteiger partial charge in [-0.2, -0.15) is 5.26 Å². The summed E-state index contributed by atoms with van der Waals surface area (Å²) in [5, 5.41) is 9.57. The SMILES string of the molecule is CC(=O)C(C#N)(CC(=O)c1ccccc1)c1ccccc1. The van der Waals surface area contributed by atoms with Crippen LogP contribution in [0.2, 0.25) is 0 Å². The van der Waals surface area contributed by atoms with Crippen molar-refractivity contribution in [3.05, 3.63) is 71.8 Å². The highest BCUT2D eigenvalue weighted by Gasteiger charge is 2.40. The van der Waals surface area contributed by atoms with Gasteiger partial charge in [0.05, 0.1) is 6.07 Å². The number of hydrogen-bond acceptors (Lipinski definition) is 3. The Labute approximate surface area is 123 Å². The number of nitriles is 1. The maximum absolute atomic E-state index is 12.4. The van der Waals surface area contributed by atoms with Gasteiger partial charge < -0.3 is 0 Å². The minimum Gasteiger partial charge on any atom is -0.298 e. The van der Waals surface area contributed by atoms with Crippen LogP contribution in [0, 0.1) is 11.3 Å². The molecule has 0 fully saturated rings. The smallest absolute Gasteiger partial charge is 0.165 e. The topological polar surface area (TPSA) is 57.9 Å². The van der Waals surface area contributed by atoms with Crippen molar-refractivity contribution in [2.24, 2.45) is 0 Å². The highest BCUT2D eigenvalue weighted by molar-refractivity contribution is 6.03. The van der Waals surface area contributed by atoms with Gasteiger partial charge in [-0.3, -0.25) is 9.59 Å². The Bertz CT molecular complexity index is 686. The van der Waals surface area contributed by atoms with Crippen LogP contribution in [0.1, 0.15) is 29.3 Å². The molecule has 0 amide bonds. The molecular formula is C18H15NO2. The monoisotopic (exact) mass is 277 g/mol. The van der Waals surface area contributed by atoms with Gasteiger partial charge in [-0.05, 0) is 12.5 Å². The van der Waals surface area contributed by atoms with E-state index in [1.54, 1.807) is 48.5 Å². The van der Waals surface area contributed by atoms with Gasteiger partial charge in [0.2, 0.25) is 0 Å². The Kier molecular flexibility index (Phi) is 4.30. The van der Waals surface area contributed by atoms with Crippen molar-refractivity contribution in [2.45, 2.75) is 18.8 Å². The van der Waals surface area contributed by atoms with E-state index in [1.165, 1.54) is 6.92 Å². The van der Waals surface area contributed by atoms with Crippen molar-refractivity contribution < 1.29 is 9.59 Å². The van der Waals surface area contributed by atoms with E-state index in [0.29, 0.717) is 11.1 Å². The molecule has 0 aliphatic heterocycles. The largest absolute Gasteiger partial charge is 0.298 e. The molecule has 0 aromatic heterocycles. The van der Waals surface area contributed by atoms with Crippen LogP contribution in [0.5, 0.6) is 0 Å². The Morgan fingerprint density at radius 1 is 1.00 bits per heavy atom. The summed E-state index contributed by atoms with van der Waals surface area (Å²) in [6.07, 6.45) is -0.146. The number of ketones is 2. The zero-order valence-electron chi connectivity index (χ0n) is 11.7. The van der Waals surface area contributed by atoms with Crippen molar-refractivity contribution >= 4 is 11.6 Å². The standard InChI is InChI=1S/C18H15NO2/c1-14(20)18(13-19,16-10-6-3-7-11-16)12-17(21)15-8-4-2-5-9-15/h2-11H,12H2,1H3. The maximum Gasteiger partial charge on any atom is 0.165 e. The average Bonchev–Trinajstić information content (AvgIpc) is 2.54. The van der Waals surface area contributed by atoms with Crippen LogP contribution in [0.3, 0.4) is 0 Å². The molecule has 3 nitrogen and oxygen atoms in total. The van der Waals surface area contributed by atoms with Crippen molar-refractivity contribution in [3.8, 4) is 6.07 Å².